The Hall–Kier alpha value is -2.38. The third-order valence-corrected chi connectivity index (χ3v) is 2.91. The van der Waals surface area contributed by atoms with Crippen molar-refractivity contribution in [1.82, 2.24) is 0 Å². The van der Waals surface area contributed by atoms with Crippen molar-refractivity contribution in [3.05, 3.63) is 70.4 Å². The summed E-state index contributed by atoms with van der Waals surface area (Å²) in [6, 6.07) is 10.6. The summed E-state index contributed by atoms with van der Waals surface area (Å²) < 4.78 is -0.0556. The van der Waals surface area contributed by atoms with Gasteiger partial charge in [0, 0.05) is 5.69 Å². The molecular weight excluding hydrogens is 426 g/mol. The first kappa shape index (κ1) is 26.8. The summed E-state index contributed by atoms with van der Waals surface area (Å²) in [7, 11) is 0. The SMILES string of the molecule is F.S=C(Cl)Cl.[C-]#[N+]c1ccc(N)cc1C.[C-]#[N+]c1ccc(N=C=S)cc1C. The van der Waals surface area contributed by atoms with Crippen LogP contribution in [0.1, 0.15) is 11.1 Å². The van der Waals surface area contributed by atoms with E-state index in [1.165, 1.54) is 0 Å². The predicted octanol–water partition coefficient (Wildman–Crippen LogP) is 7.31. The summed E-state index contributed by atoms with van der Waals surface area (Å²) in [6.07, 6.45) is 0. The highest BCUT2D eigenvalue weighted by atomic mass is 35.5. The second kappa shape index (κ2) is 14.8. The number of isothiocyanates is 1. The Morgan fingerprint density at radius 3 is 1.85 bits per heavy atom. The molecule has 0 heterocycles. The standard InChI is InChI=1S/C9H6N2S.C8H8N2.CCl2S.FH/c1-7-5-8(11-6-12)3-4-9(7)10-2;1-6-5-7(9)3-4-8(6)10-2;2-1(3)4;/h3-5H,1H3;3-5H,9H2,1H3;;1H. The fraction of sp³-hybridized carbons (Fsp3) is 0.111. The first-order valence-corrected chi connectivity index (χ1v) is 8.47. The minimum absolute atomic E-state index is 0. The number of hydrogen-bond acceptors (Lipinski definition) is 4. The van der Waals surface area contributed by atoms with Crippen molar-refractivity contribution >= 4 is 79.3 Å². The molecule has 2 N–H and O–H groups in total. The highest BCUT2D eigenvalue weighted by Crippen LogP contribution is 2.23. The van der Waals surface area contributed by atoms with Crippen LogP contribution in [0.5, 0.6) is 0 Å². The number of hydrogen-bond donors (Lipinski definition) is 1. The molecule has 0 bridgehead atoms. The molecule has 2 rings (SSSR count). The number of thiocarbonyl (C=S) groups is 2. The van der Waals surface area contributed by atoms with Gasteiger partial charge >= 0.3 is 0 Å². The molecule has 0 aliphatic rings. The lowest BCUT2D eigenvalue weighted by atomic mass is 10.2. The third-order valence-electron chi connectivity index (χ3n) is 2.82. The minimum Gasteiger partial charge on any atom is -0.399 e. The van der Waals surface area contributed by atoms with E-state index < -0.39 is 0 Å². The molecule has 2 aromatic carbocycles. The van der Waals surface area contributed by atoms with Gasteiger partial charge in [0.2, 0.25) is 0 Å². The van der Waals surface area contributed by atoms with Crippen LogP contribution in [0.15, 0.2) is 41.4 Å². The summed E-state index contributed by atoms with van der Waals surface area (Å²) >= 11 is 18.1. The van der Waals surface area contributed by atoms with Crippen molar-refractivity contribution in [3.63, 3.8) is 0 Å². The van der Waals surface area contributed by atoms with E-state index in [0.29, 0.717) is 17.1 Å². The minimum atomic E-state index is -0.0556. The molecule has 4 nitrogen and oxygen atoms in total. The zero-order chi connectivity index (χ0) is 20.1. The lowest BCUT2D eigenvalue weighted by Crippen LogP contribution is -1.83. The van der Waals surface area contributed by atoms with Crippen molar-refractivity contribution in [3.8, 4) is 0 Å². The molecule has 0 radical (unpaired) electrons. The van der Waals surface area contributed by atoms with E-state index in [1.807, 2.05) is 19.9 Å². The van der Waals surface area contributed by atoms with Crippen LogP contribution in [-0.4, -0.2) is 8.94 Å². The van der Waals surface area contributed by atoms with Crippen molar-refractivity contribution < 1.29 is 4.70 Å². The van der Waals surface area contributed by atoms with E-state index in [1.54, 1.807) is 30.3 Å². The summed E-state index contributed by atoms with van der Waals surface area (Å²) in [4.78, 5) is 10.4. The van der Waals surface area contributed by atoms with Crippen molar-refractivity contribution in [2.45, 2.75) is 13.8 Å². The van der Waals surface area contributed by atoms with Gasteiger partial charge in [-0.1, -0.05) is 47.6 Å². The van der Waals surface area contributed by atoms with Gasteiger partial charge in [-0.15, -0.1) is 0 Å². The maximum atomic E-state index is 6.82. The molecule has 0 aliphatic heterocycles. The molecule has 0 aliphatic carbocycles. The Morgan fingerprint density at radius 2 is 1.48 bits per heavy atom. The largest absolute Gasteiger partial charge is 0.399 e. The number of nitrogen functional groups attached to an aromatic ring is 1. The molecule has 0 aromatic heterocycles. The van der Waals surface area contributed by atoms with Gasteiger partial charge in [-0.05, 0) is 61.5 Å². The van der Waals surface area contributed by atoms with Gasteiger partial charge in [0.25, 0.3) is 0 Å². The number of aryl methyl sites for hydroxylation is 2. The number of anilines is 1. The summed E-state index contributed by atoms with van der Waals surface area (Å²) in [5, 5.41) is 2.28. The summed E-state index contributed by atoms with van der Waals surface area (Å²) in [5.41, 5.74) is 10.1. The highest BCUT2D eigenvalue weighted by molar-refractivity contribution is 7.86. The van der Waals surface area contributed by atoms with Gasteiger partial charge < -0.3 is 5.73 Å². The van der Waals surface area contributed by atoms with Crippen molar-refractivity contribution in [2.24, 2.45) is 4.99 Å². The lowest BCUT2D eigenvalue weighted by Gasteiger charge is -1.96. The zero-order valence-electron chi connectivity index (χ0n) is 14.4. The quantitative estimate of drug-likeness (QED) is 0.166. The molecule has 0 atom stereocenters. The van der Waals surface area contributed by atoms with E-state index in [9.17, 15) is 0 Å². The van der Waals surface area contributed by atoms with Crippen molar-refractivity contribution in [2.75, 3.05) is 5.73 Å². The van der Waals surface area contributed by atoms with Crippen LogP contribution in [0.4, 0.5) is 27.5 Å². The maximum absolute atomic E-state index is 6.82. The smallest absolute Gasteiger partial charge is 0.190 e. The van der Waals surface area contributed by atoms with E-state index in [2.05, 4.69) is 44.3 Å². The van der Waals surface area contributed by atoms with Gasteiger partial charge in [0.05, 0.1) is 24.0 Å². The number of aliphatic imine (C=N–C) groups is 1. The van der Waals surface area contributed by atoms with Crippen LogP contribution in [-0.2, 0) is 0 Å². The Kier molecular flexibility index (Phi) is 14.7. The second-order valence-electron chi connectivity index (χ2n) is 4.67. The van der Waals surface area contributed by atoms with Gasteiger partial charge in [-0.2, -0.15) is 4.99 Å². The summed E-state index contributed by atoms with van der Waals surface area (Å²) in [6.45, 7) is 17.3. The Morgan fingerprint density at radius 1 is 1.04 bits per heavy atom. The molecule has 0 spiro atoms. The van der Waals surface area contributed by atoms with Crippen LogP contribution in [0.2, 0.25) is 0 Å². The number of benzene rings is 2. The zero-order valence-corrected chi connectivity index (χ0v) is 17.5. The number of rotatable bonds is 1. The Balaban J connectivity index is 0. The maximum Gasteiger partial charge on any atom is 0.190 e. The number of halogens is 3. The number of nitrogens with zero attached hydrogens (tertiary/aromatic N) is 3. The van der Waals surface area contributed by atoms with E-state index in [4.69, 9.17) is 42.1 Å². The first-order chi connectivity index (χ1) is 12.2. The average Bonchev–Trinajstić information content (AvgIpc) is 2.55. The van der Waals surface area contributed by atoms with Crippen molar-refractivity contribution in [1.29, 1.82) is 0 Å². The summed E-state index contributed by atoms with van der Waals surface area (Å²) in [5.74, 6) is 0. The molecule has 9 heteroatoms. The Labute approximate surface area is 178 Å². The van der Waals surface area contributed by atoms with E-state index in [0.717, 1.165) is 16.8 Å². The van der Waals surface area contributed by atoms with Gasteiger partial charge in [0.1, 0.15) is 0 Å². The van der Waals surface area contributed by atoms with E-state index >= 15 is 0 Å². The predicted molar refractivity (Wildman–Crippen MR) is 121 cm³/mol. The first-order valence-electron chi connectivity index (χ1n) is 6.89. The molecule has 0 fully saturated rings. The molecule has 0 saturated carbocycles. The average molecular weight is 441 g/mol. The molecule has 27 heavy (non-hydrogen) atoms. The van der Waals surface area contributed by atoms with Crippen LogP contribution >= 0.6 is 47.6 Å². The normalized spacial score (nSPS) is 7.93. The van der Waals surface area contributed by atoms with Gasteiger partial charge in [-0.3, -0.25) is 4.70 Å². The molecule has 140 valence electrons. The molecule has 2 aromatic rings. The topological polar surface area (TPSA) is 47.1 Å². The fourth-order valence-electron chi connectivity index (χ4n) is 1.69. The molecule has 0 unspecified atom stereocenters. The monoisotopic (exact) mass is 440 g/mol. The third kappa shape index (κ3) is 11.8. The molecule has 0 saturated heterocycles. The van der Waals surface area contributed by atoms with Crippen LogP contribution < -0.4 is 5.73 Å². The van der Waals surface area contributed by atoms with Gasteiger partial charge in [0.15, 0.2) is 15.2 Å². The number of nitrogens with two attached hydrogens (primary N) is 1. The van der Waals surface area contributed by atoms with E-state index in [-0.39, 0.29) is 8.49 Å². The molecule has 0 amide bonds. The van der Waals surface area contributed by atoms with Crippen LogP contribution in [0.25, 0.3) is 9.69 Å². The van der Waals surface area contributed by atoms with Crippen LogP contribution in [0.3, 0.4) is 0 Å². The van der Waals surface area contributed by atoms with Crippen LogP contribution in [0, 0.1) is 27.0 Å². The second-order valence-corrected chi connectivity index (χ2v) is 6.66. The highest BCUT2D eigenvalue weighted by Gasteiger charge is 1.97. The van der Waals surface area contributed by atoms with Gasteiger partial charge in [-0.25, -0.2) is 9.69 Å². The Bertz CT molecular complexity index is 911. The lowest BCUT2D eigenvalue weighted by molar-refractivity contribution is 1.11. The fourth-order valence-corrected chi connectivity index (χ4v) is 1.80. The molecular formula is C18H15Cl2FN4S2.